The minimum atomic E-state index is -0.179. The van der Waals surface area contributed by atoms with Crippen LogP contribution in [0.1, 0.15) is 48.9 Å². The Morgan fingerprint density at radius 1 is 0.828 bits per heavy atom. The molecule has 0 saturated carbocycles. The van der Waals surface area contributed by atoms with Crippen molar-refractivity contribution < 1.29 is 4.79 Å². The number of hydrogen-bond acceptors (Lipinski definition) is 1. The van der Waals surface area contributed by atoms with Gasteiger partial charge in [-0.1, -0.05) is 99.6 Å². The van der Waals surface area contributed by atoms with Crippen molar-refractivity contribution in [3.63, 3.8) is 0 Å². The average molecular weight is 387 g/mol. The fraction of sp³-hybridized carbons (Fsp3) is 0.269. The van der Waals surface area contributed by atoms with Crippen molar-refractivity contribution in [3.05, 3.63) is 101 Å². The summed E-state index contributed by atoms with van der Waals surface area (Å²) in [5, 5.41) is 6.18. The molecule has 0 atom stereocenters. The van der Waals surface area contributed by atoms with Gasteiger partial charge in [0.15, 0.2) is 0 Å². The van der Waals surface area contributed by atoms with Gasteiger partial charge in [0, 0.05) is 18.2 Å². The Balaban J connectivity index is 1.77. The van der Waals surface area contributed by atoms with Gasteiger partial charge in [-0.3, -0.25) is 0 Å². The summed E-state index contributed by atoms with van der Waals surface area (Å²) in [6, 6.07) is 26.6. The first-order chi connectivity index (χ1) is 13.9. The van der Waals surface area contributed by atoms with Crippen LogP contribution in [0, 0.1) is 6.92 Å². The lowest BCUT2D eigenvalue weighted by Gasteiger charge is -2.25. The number of urea groups is 1. The molecule has 2 N–H and O–H groups in total. The highest BCUT2D eigenvalue weighted by Crippen LogP contribution is 2.32. The molecule has 0 aliphatic rings. The Labute approximate surface area is 174 Å². The first-order valence-electron chi connectivity index (χ1n) is 10.1. The van der Waals surface area contributed by atoms with Crippen LogP contribution in [0.3, 0.4) is 0 Å². The topological polar surface area (TPSA) is 41.1 Å². The minimum absolute atomic E-state index is 0.0504. The van der Waals surface area contributed by atoms with Crippen LogP contribution < -0.4 is 10.6 Å². The molecule has 3 nitrogen and oxygen atoms in total. The van der Waals surface area contributed by atoms with E-state index in [1.807, 2.05) is 55.5 Å². The highest BCUT2D eigenvalue weighted by atomic mass is 16.2. The monoisotopic (exact) mass is 386 g/mol. The van der Waals surface area contributed by atoms with Crippen molar-refractivity contribution in [1.82, 2.24) is 5.32 Å². The molecule has 150 valence electrons. The number of anilines is 1. The molecule has 3 aromatic carbocycles. The van der Waals surface area contributed by atoms with Gasteiger partial charge in [0.1, 0.15) is 0 Å². The Morgan fingerprint density at radius 2 is 1.38 bits per heavy atom. The smallest absolute Gasteiger partial charge is 0.319 e. The molecule has 0 aliphatic heterocycles. The number of carbonyl (C=O) groups is 1. The summed E-state index contributed by atoms with van der Waals surface area (Å²) in [5.74, 6) is 0.0992. The van der Waals surface area contributed by atoms with Crippen LogP contribution in [0.2, 0.25) is 0 Å². The molecule has 3 heteroatoms. The highest BCUT2D eigenvalue weighted by Gasteiger charge is 2.21. The van der Waals surface area contributed by atoms with Crippen LogP contribution in [0.25, 0.3) is 0 Å². The van der Waals surface area contributed by atoms with Crippen molar-refractivity contribution in [2.45, 2.75) is 39.0 Å². The Morgan fingerprint density at radius 3 is 1.90 bits per heavy atom. The van der Waals surface area contributed by atoms with Crippen LogP contribution in [-0.4, -0.2) is 12.6 Å². The first kappa shape index (κ1) is 20.7. The maximum Gasteiger partial charge on any atom is 0.319 e. The number of aryl methyl sites for hydroxylation is 1. The third-order valence-corrected chi connectivity index (χ3v) is 5.19. The maximum absolute atomic E-state index is 12.8. The summed E-state index contributed by atoms with van der Waals surface area (Å²) in [6.45, 7) is 9.03. The summed E-state index contributed by atoms with van der Waals surface area (Å²) < 4.78 is 0. The van der Waals surface area contributed by atoms with Crippen LogP contribution in [0.4, 0.5) is 10.5 Å². The molecule has 0 heterocycles. The minimum Gasteiger partial charge on any atom is -0.337 e. The van der Waals surface area contributed by atoms with Crippen LogP contribution in [0.15, 0.2) is 78.9 Å². The SMILES string of the molecule is Cc1cccc(C(C)(C)C)c1NC(=O)NCC(c1ccccc1)c1ccccc1. The zero-order chi connectivity index (χ0) is 20.9. The van der Waals surface area contributed by atoms with Gasteiger partial charge >= 0.3 is 6.03 Å². The van der Waals surface area contributed by atoms with Gasteiger partial charge in [0.05, 0.1) is 0 Å². The number of carbonyl (C=O) groups excluding carboxylic acids is 1. The summed E-state index contributed by atoms with van der Waals surface area (Å²) in [6.07, 6.45) is 0. The number of para-hydroxylation sites is 1. The summed E-state index contributed by atoms with van der Waals surface area (Å²) in [5.41, 5.74) is 5.42. The molecule has 29 heavy (non-hydrogen) atoms. The molecule has 3 aromatic rings. The summed E-state index contributed by atoms with van der Waals surface area (Å²) >= 11 is 0. The fourth-order valence-electron chi connectivity index (χ4n) is 3.61. The molecular formula is C26H30N2O. The normalized spacial score (nSPS) is 11.3. The third kappa shape index (κ3) is 5.26. The van der Waals surface area contributed by atoms with E-state index in [2.05, 4.69) is 61.7 Å². The average Bonchev–Trinajstić information content (AvgIpc) is 2.70. The maximum atomic E-state index is 12.8. The molecule has 0 spiro atoms. The molecule has 0 saturated heterocycles. The second-order valence-electron chi connectivity index (χ2n) is 8.46. The molecule has 0 radical (unpaired) electrons. The van der Waals surface area contributed by atoms with E-state index < -0.39 is 0 Å². The van der Waals surface area contributed by atoms with Gasteiger partial charge in [0.25, 0.3) is 0 Å². The fourth-order valence-corrected chi connectivity index (χ4v) is 3.61. The lowest BCUT2D eigenvalue weighted by atomic mass is 9.84. The van der Waals surface area contributed by atoms with Gasteiger partial charge in [0.2, 0.25) is 0 Å². The van der Waals surface area contributed by atoms with E-state index in [4.69, 9.17) is 0 Å². The zero-order valence-electron chi connectivity index (χ0n) is 17.7. The van der Waals surface area contributed by atoms with E-state index in [1.165, 1.54) is 11.1 Å². The Bertz CT molecular complexity index is 904. The predicted octanol–water partition coefficient (Wildman–Crippen LogP) is 6.25. The van der Waals surface area contributed by atoms with Crippen molar-refractivity contribution >= 4 is 11.7 Å². The Hall–Kier alpha value is -3.07. The zero-order valence-corrected chi connectivity index (χ0v) is 17.7. The van der Waals surface area contributed by atoms with E-state index in [0.717, 1.165) is 16.8 Å². The molecule has 0 fully saturated rings. The van der Waals surface area contributed by atoms with Crippen LogP contribution >= 0.6 is 0 Å². The lowest BCUT2D eigenvalue weighted by molar-refractivity contribution is 0.251. The third-order valence-electron chi connectivity index (χ3n) is 5.19. The van der Waals surface area contributed by atoms with Gasteiger partial charge < -0.3 is 10.6 Å². The van der Waals surface area contributed by atoms with Gasteiger partial charge in [-0.05, 0) is 34.6 Å². The number of benzene rings is 3. The van der Waals surface area contributed by atoms with E-state index in [-0.39, 0.29) is 17.4 Å². The number of hydrogen-bond donors (Lipinski definition) is 2. The second-order valence-corrected chi connectivity index (χ2v) is 8.46. The predicted molar refractivity (Wildman–Crippen MR) is 122 cm³/mol. The van der Waals surface area contributed by atoms with Crippen molar-refractivity contribution in [2.75, 3.05) is 11.9 Å². The summed E-state index contributed by atoms with van der Waals surface area (Å²) in [7, 11) is 0. The standard InChI is InChI=1S/C26H30N2O/c1-19-12-11-17-23(26(2,3)4)24(19)28-25(29)27-18-22(20-13-7-5-8-14-20)21-15-9-6-10-16-21/h5-17,22H,18H2,1-4H3,(H2,27,28,29). The number of nitrogens with one attached hydrogen (secondary N) is 2. The number of rotatable bonds is 5. The van der Waals surface area contributed by atoms with Gasteiger partial charge in [-0.15, -0.1) is 0 Å². The highest BCUT2D eigenvalue weighted by molar-refractivity contribution is 5.91. The lowest BCUT2D eigenvalue weighted by Crippen LogP contribution is -2.33. The molecule has 3 rings (SSSR count). The van der Waals surface area contributed by atoms with Crippen molar-refractivity contribution in [3.8, 4) is 0 Å². The first-order valence-corrected chi connectivity index (χ1v) is 10.1. The summed E-state index contributed by atoms with van der Waals surface area (Å²) in [4.78, 5) is 12.8. The molecule has 0 bridgehead atoms. The van der Waals surface area contributed by atoms with Crippen LogP contribution in [-0.2, 0) is 5.41 Å². The molecular weight excluding hydrogens is 356 g/mol. The molecule has 2 amide bonds. The van der Waals surface area contributed by atoms with Crippen molar-refractivity contribution in [1.29, 1.82) is 0 Å². The molecule has 0 aromatic heterocycles. The van der Waals surface area contributed by atoms with Crippen molar-refractivity contribution in [2.24, 2.45) is 0 Å². The number of amides is 2. The molecule has 0 unspecified atom stereocenters. The Kier molecular flexibility index (Phi) is 6.38. The van der Waals surface area contributed by atoms with E-state index in [9.17, 15) is 4.79 Å². The quantitative estimate of drug-likeness (QED) is 0.535. The molecule has 0 aliphatic carbocycles. The van der Waals surface area contributed by atoms with E-state index in [1.54, 1.807) is 0 Å². The van der Waals surface area contributed by atoms with E-state index in [0.29, 0.717) is 6.54 Å². The largest absolute Gasteiger partial charge is 0.337 e. The second kappa shape index (κ2) is 8.95. The van der Waals surface area contributed by atoms with E-state index >= 15 is 0 Å². The van der Waals surface area contributed by atoms with Gasteiger partial charge in [-0.2, -0.15) is 0 Å². The van der Waals surface area contributed by atoms with Crippen LogP contribution in [0.5, 0.6) is 0 Å². The van der Waals surface area contributed by atoms with Gasteiger partial charge in [-0.25, -0.2) is 4.79 Å².